The smallest absolute Gasteiger partial charge is 0.416 e. The fourth-order valence-corrected chi connectivity index (χ4v) is 4.28. The topological polar surface area (TPSA) is 38.8 Å². The average Bonchev–Trinajstić information content (AvgIpc) is 2.76. The van der Waals surface area contributed by atoms with Crippen LogP contribution in [0.5, 0.6) is 11.5 Å². The summed E-state index contributed by atoms with van der Waals surface area (Å²) in [6, 6.07) is 17.6. The van der Waals surface area contributed by atoms with Crippen molar-refractivity contribution in [2.24, 2.45) is 0 Å². The summed E-state index contributed by atoms with van der Waals surface area (Å²) in [5.41, 5.74) is 0.000239. The van der Waals surface area contributed by atoms with Gasteiger partial charge in [0.2, 0.25) is 5.91 Å². The summed E-state index contributed by atoms with van der Waals surface area (Å²) in [4.78, 5) is 15.9. The number of fused-ring (bicyclic) bond motifs is 2. The molecule has 0 aromatic heterocycles. The molecule has 0 atom stereocenters. The van der Waals surface area contributed by atoms with Gasteiger partial charge in [-0.15, -0.1) is 0 Å². The molecule has 1 heterocycles. The number of benzene rings is 3. The number of alkyl halides is 3. The molecule has 1 aliphatic rings. The van der Waals surface area contributed by atoms with Crippen LogP contribution in [0.1, 0.15) is 12.0 Å². The summed E-state index contributed by atoms with van der Waals surface area (Å²) >= 11 is 1.34. The predicted molar refractivity (Wildman–Crippen MR) is 112 cm³/mol. The van der Waals surface area contributed by atoms with E-state index < -0.39 is 11.7 Å². The Morgan fingerprint density at radius 3 is 2.32 bits per heavy atom. The number of para-hydroxylation sites is 1. The average molecular weight is 445 g/mol. The number of hydrogen-bond donors (Lipinski definition) is 0. The van der Waals surface area contributed by atoms with Gasteiger partial charge >= 0.3 is 6.18 Å². The van der Waals surface area contributed by atoms with Gasteiger partial charge in [-0.25, -0.2) is 0 Å². The second-order valence-corrected chi connectivity index (χ2v) is 7.84. The van der Waals surface area contributed by atoms with Crippen molar-refractivity contribution in [3.05, 3.63) is 72.3 Å². The molecule has 8 heteroatoms. The zero-order valence-electron chi connectivity index (χ0n) is 16.5. The molecule has 0 bridgehead atoms. The van der Waals surface area contributed by atoms with Crippen molar-refractivity contribution in [1.82, 2.24) is 0 Å². The first kappa shape index (κ1) is 21.1. The van der Waals surface area contributed by atoms with Crippen LogP contribution < -0.4 is 14.4 Å². The van der Waals surface area contributed by atoms with Crippen molar-refractivity contribution in [2.45, 2.75) is 22.4 Å². The minimum absolute atomic E-state index is 0.000710. The molecule has 0 fully saturated rings. The fourth-order valence-electron chi connectivity index (χ4n) is 3.24. The molecule has 0 aliphatic carbocycles. The largest absolute Gasteiger partial charge is 0.497 e. The Kier molecular flexibility index (Phi) is 5.82. The van der Waals surface area contributed by atoms with Gasteiger partial charge in [0.1, 0.15) is 11.5 Å². The molecule has 4 rings (SSSR count). The minimum Gasteiger partial charge on any atom is -0.497 e. The van der Waals surface area contributed by atoms with Crippen LogP contribution in [0.4, 0.5) is 24.5 Å². The zero-order chi connectivity index (χ0) is 22.0. The molecule has 1 aliphatic heterocycles. The molecule has 160 valence electrons. The summed E-state index contributed by atoms with van der Waals surface area (Å²) in [5, 5.41) is 0. The van der Waals surface area contributed by atoms with Crippen LogP contribution in [0.15, 0.2) is 76.5 Å². The number of carbonyl (C=O) groups excluding carboxylic acids is 1. The van der Waals surface area contributed by atoms with Crippen LogP contribution >= 0.6 is 11.8 Å². The monoisotopic (exact) mass is 445 g/mol. The first-order valence-corrected chi connectivity index (χ1v) is 10.3. The number of rotatable bonds is 5. The first-order valence-electron chi connectivity index (χ1n) is 9.45. The molecule has 3 aromatic carbocycles. The van der Waals surface area contributed by atoms with Crippen molar-refractivity contribution >= 4 is 29.0 Å². The maximum atomic E-state index is 13.3. The highest BCUT2D eigenvalue weighted by molar-refractivity contribution is 7.99. The molecule has 0 N–H and O–H groups in total. The highest BCUT2D eigenvalue weighted by Gasteiger charge is 2.34. The summed E-state index contributed by atoms with van der Waals surface area (Å²) in [6.45, 7) is 0.0886. The maximum Gasteiger partial charge on any atom is 0.416 e. The SMILES string of the molecule is COc1ccc(OCCC(=O)N2c3ccccc3Sc3ccc(C(F)(F)F)cc32)cc1. The van der Waals surface area contributed by atoms with Gasteiger partial charge in [-0.3, -0.25) is 9.69 Å². The van der Waals surface area contributed by atoms with Gasteiger partial charge < -0.3 is 9.47 Å². The molecule has 4 nitrogen and oxygen atoms in total. The van der Waals surface area contributed by atoms with E-state index in [1.807, 2.05) is 12.1 Å². The van der Waals surface area contributed by atoms with Crippen molar-refractivity contribution in [2.75, 3.05) is 18.6 Å². The molecule has 0 unspecified atom stereocenters. The molecule has 0 saturated heterocycles. The van der Waals surface area contributed by atoms with Crippen LogP contribution in [0.2, 0.25) is 0 Å². The third-order valence-corrected chi connectivity index (χ3v) is 5.88. The highest BCUT2D eigenvalue weighted by Crippen LogP contribution is 2.49. The Labute approximate surface area is 181 Å². The van der Waals surface area contributed by atoms with Crippen molar-refractivity contribution in [3.8, 4) is 11.5 Å². The molecular weight excluding hydrogens is 427 g/mol. The van der Waals surface area contributed by atoms with Crippen LogP contribution in [0.25, 0.3) is 0 Å². The van der Waals surface area contributed by atoms with Crippen molar-refractivity contribution < 1.29 is 27.4 Å². The Hall–Kier alpha value is -3.13. The number of hydrogen-bond acceptors (Lipinski definition) is 4. The number of anilines is 2. The molecule has 3 aromatic rings. The predicted octanol–water partition coefficient (Wildman–Crippen LogP) is 6.31. The standard InChI is InChI=1S/C23H18F3NO3S/c1-29-16-7-9-17(10-8-16)30-13-12-22(28)27-18-4-2-3-5-20(18)31-21-11-6-15(14-19(21)27)23(24,25)26/h2-11,14H,12-13H2,1H3. The Bertz CT molecular complexity index is 1100. The lowest BCUT2D eigenvalue weighted by Crippen LogP contribution is -2.30. The molecular formula is C23H18F3NO3S. The van der Waals surface area contributed by atoms with Crippen LogP contribution in [-0.4, -0.2) is 19.6 Å². The highest BCUT2D eigenvalue weighted by atomic mass is 32.2. The van der Waals surface area contributed by atoms with Crippen LogP contribution in [-0.2, 0) is 11.0 Å². The maximum absolute atomic E-state index is 13.3. The second-order valence-electron chi connectivity index (χ2n) is 6.75. The molecule has 0 radical (unpaired) electrons. The van der Waals surface area contributed by atoms with Crippen molar-refractivity contribution in [1.29, 1.82) is 0 Å². The summed E-state index contributed by atoms with van der Waals surface area (Å²) in [7, 11) is 1.56. The third-order valence-electron chi connectivity index (χ3n) is 4.75. The van der Waals surface area contributed by atoms with E-state index in [2.05, 4.69) is 0 Å². The Morgan fingerprint density at radius 2 is 1.61 bits per heavy atom. The number of halogens is 3. The molecule has 0 spiro atoms. The molecule has 31 heavy (non-hydrogen) atoms. The normalized spacial score (nSPS) is 12.7. The quantitative estimate of drug-likeness (QED) is 0.461. The zero-order valence-corrected chi connectivity index (χ0v) is 17.3. The molecule has 0 saturated carbocycles. The Balaban J connectivity index is 1.58. The van der Waals surface area contributed by atoms with E-state index in [1.54, 1.807) is 43.5 Å². The van der Waals surface area contributed by atoms with E-state index in [0.717, 1.165) is 17.0 Å². The van der Waals surface area contributed by atoms with E-state index in [4.69, 9.17) is 9.47 Å². The van der Waals surface area contributed by atoms with Gasteiger partial charge in [0, 0.05) is 9.79 Å². The van der Waals surface area contributed by atoms with Gasteiger partial charge in [0.25, 0.3) is 0 Å². The van der Waals surface area contributed by atoms with E-state index >= 15 is 0 Å². The summed E-state index contributed by atoms with van der Waals surface area (Å²) in [6.07, 6.45) is -4.50. The van der Waals surface area contributed by atoms with Gasteiger partial charge in [-0.2, -0.15) is 13.2 Å². The van der Waals surface area contributed by atoms with Gasteiger partial charge in [0.05, 0.1) is 37.1 Å². The number of carbonyl (C=O) groups is 1. The third kappa shape index (κ3) is 4.49. The lowest BCUT2D eigenvalue weighted by atomic mass is 10.1. The number of methoxy groups -OCH3 is 1. The van der Waals surface area contributed by atoms with Crippen LogP contribution in [0, 0.1) is 0 Å². The van der Waals surface area contributed by atoms with Gasteiger partial charge in [0.15, 0.2) is 0 Å². The lowest BCUT2D eigenvalue weighted by molar-refractivity contribution is -0.137. The van der Waals surface area contributed by atoms with E-state index in [9.17, 15) is 18.0 Å². The first-order chi connectivity index (χ1) is 14.9. The van der Waals surface area contributed by atoms with E-state index in [0.29, 0.717) is 22.1 Å². The Morgan fingerprint density at radius 1 is 0.935 bits per heavy atom. The van der Waals surface area contributed by atoms with Crippen LogP contribution in [0.3, 0.4) is 0 Å². The van der Waals surface area contributed by atoms with Gasteiger partial charge in [-0.05, 0) is 54.6 Å². The lowest BCUT2D eigenvalue weighted by Gasteiger charge is -2.31. The number of nitrogens with zero attached hydrogens (tertiary/aromatic N) is 1. The fraction of sp³-hybridized carbons (Fsp3) is 0.174. The van der Waals surface area contributed by atoms with Crippen molar-refractivity contribution in [3.63, 3.8) is 0 Å². The summed E-state index contributed by atoms with van der Waals surface area (Å²) < 4.78 is 50.6. The molecule has 1 amide bonds. The van der Waals surface area contributed by atoms with Gasteiger partial charge in [-0.1, -0.05) is 23.9 Å². The van der Waals surface area contributed by atoms with E-state index in [-0.39, 0.29) is 24.6 Å². The minimum atomic E-state index is -4.50. The number of ether oxygens (including phenoxy) is 2. The number of amides is 1. The second kappa shape index (κ2) is 8.55. The summed E-state index contributed by atoms with van der Waals surface area (Å²) in [5.74, 6) is 0.910. The van der Waals surface area contributed by atoms with E-state index in [1.165, 1.54) is 22.7 Å².